The quantitative estimate of drug-likeness (QED) is 0.773. The number of nitrogens with zero attached hydrogens (tertiary/aromatic N) is 2. The van der Waals surface area contributed by atoms with Crippen molar-refractivity contribution in [2.75, 3.05) is 0 Å². The molecule has 98 valence electrons. The minimum atomic E-state index is -0.528. The Morgan fingerprint density at radius 1 is 1.42 bits per heavy atom. The molecule has 1 unspecified atom stereocenters. The number of nitrogens with two attached hydrogens (primary N) is 1. The van der Waals surface area contributed by atoms with Gasteiger partial charge in [0, 0.05) is 6.20 Å². The van der Waals surface area contributed by atoms with Gasteiger partial charge in [-0.25, -0.2) is 0 Å². The van der Waals surface area contributed by atoms with Gasteiger partial charge in [0.05, 0.1) is 28.4 Å². The predicted molar refractivity (Wildman–Crippen MR) is 68.7 cm³/mol. The van der Waals surface area contributed by atoms with Gasteiger partial charge in [-0.1, -0.05) is 0 Å². The second-order valence-corrected chi connectivity index (χ2v) is 4.86. The molecule has 3 N–H and O–H groups in total. The fourth-order valence-electron chi connectivity index (χ4n) is 1.35. The second kappa shape index (κ2) is 5.19. The molecule has 1 aromatic rings. The number of carbonyl (C=O) groups excluding carboxylic acids is 3. The summed E-state index contributed by atoms with van der Waals surface area (Å²) >= 11 is 0.804. The topological polar surface area (TPSA) is 115 Å². The van der Waals surface area contributed by atoms with E-state index in [4.69, 9.17) is 5.73 Å². The summed E-state index contributed by atoms with van der Waals surface area (Å²) in [5.74, 6) is -1.47. The Kier molecular flexibility index (Phi) is 3.61. The molecule has 1 aliphatic rings. The number of thioether (sulfide) groups is 1. The molecule has 1 fully saturated rings. The molecule has 0 bridgehead atoms. The monoisotopic (exact) mass is 278 g/mol. The highest BCUT2D eigenvalue weighted by atomic mass is 32.2. The lowest BCUT2D eigenvalue weighted by Crippen LogP contribution is -2.19. The number of nitrogens with one attached hydrogen (secondary N) is 1. The number of rotatable bonds is 3. The molecule has 0 radical (unpaired) electrons. The molecular weight excluding hydrogens is 268 g/mol. The maximum atomic E-state index is 11.3. The molecule has 1 atom stereocenters. The lowest BCUT2D eigenvalue weighted by atomic mass is 10.1. The van der Waals surface area contributed by atoms with Crippen LogP contribution >= 0.6 is 11.8 Å². The summed E-state index contributed by atoms with van der Waals surface area (Å²) in [4.78, 5) is 41.7. The van der Waals surface area contributed by atoms with Crippen LogP contribution < -0.4 is 11.1 Å². The van der Waals surface area contributed by atoms with Crippen LogP contribution in [0.5, 0.6) is 0 Å². The molecule has 1 aromatic heterocycles. The van der Waals surface area contributed by atoms with Crippen LogP contribution in [0.2, 0.25) is 0 Å². The van der Waals surface area contributed by atoms with Crippen LogP contribution in [0, 0.1) is 0 Å². The van der Waals surface area contributed by atoms with Crippen LogP contribution in [0.4, 0.5) is 4.79 Å². The first kappa shape index (κ1) is 13.2. The van der Waals surface area contributed by atoms with Crippen LogP contribution in [0.15, 0.2) is 17.3 Å². The lowest BCUT2D eigenvalue weighted by Gasteiger charge is -2.05. The summed E-state index contributed by atoms with van der Waals surface area (Å²) in [7, 11) is 0. The fraction of sp³-hybridized carbons (Fsp3) is 0.182. The molecular formula is C11H10N4O3S. The van der Waals surface area contributed by atoms with Crippen LogP contribution in [-0.2, 0) is 9.59 Å². The fourth-order valence-corrected chi connectivity index (χ4v) is 2.01. The highest BCUT2D eigenvalue weighted by Crippen LogP contribution is 2.24. The molecule has 1 saturated heterocycles. The number of imide groups is 1. The number of hydrogen-bond acceptors (Lipinski definition) is 6. The standard InChI is InChI=1S/C11H10N4O3S/c1-5(9(12)16)7-4-13-6(3-14-7)2-8-10(17)15-11(18)19-8/h2-5H,1H3,(H2,12,16)(H,15,17,18). The van der Waals surface area contributed by atoms with Crippen LogP contribution in [-0.4, -0.2) is 27.0 Å². The Balaban J connectivity index is 2.20. The van der Waals surface area contributed by atoms with E-state index in [1.54, 1.807) is 6.92 Å². The number of carbonyl (C=O) groups is 3. The van der Waals surface area contributed by atoms with Crippen molar-refractivity contribution in [3.63, 3.8) is 0 Å². The average molecular weight is 278 g/mol. The van der Waals surface area contributed by atoms with Gasteiger partial charge in [-0.15, -0.1) is 0 Å². The Hall–Kier alpha value is -2.22. The van der Waals surface area contributed by atoms with Crippen molar-refractivity contribution in [1.82, 2.24) is 15.3 Å². The van der Waals surface area contributed by atoms with Crippen molar-refractivity contribution in [3.05, 3.63) is 28.7 Å². The summed E-state index contributed by atoms with van der Waals surface area (Å²) in [6.45, 7) is 1.63. The zero-order valence-corrected chi connectivity index (χ0v) is 10.7. The Bertz CT molecular complexity index is 582. The largest absolute Gasteiger partial charge is 0.369 e. The second-order valence-electron chi connectivity index (χ2n) is 3.84. The molecule has 3 amide bonds. The van der Waals surface area contributed by atoms with Crippen LogP contribution in [0.25, 0.3) is 6.08 Å². The molecule has 7 nitrogen and oxygen atoms in total. The highest BCUT2D eigenvalue weighted by molar-refractivity contribution is 8.18. The zero-order chi connectivity index (χ0) is 14.0. The van der Waals surface area contributed by atoms with E-state index in [2.05, 4.69) is 15.3 Å². The molecule has 0 aliphatic carbocycles. The van der Waals surface area contributed by atoms with E-state index >= 15 is 0 Å². The van der Waals surface area contributed by atoms with Gasteiger partial charge in [0.1, 0.15) is 0 Å². The van der Waals surface area contributed by atoms with E-state index < -0.39 is 23.0 Å². The summed E-state index contributed by atoms with van der Waals surface area (Å²) in [5.41, 5.74) is 6.04. The van der Waals surface area contributed by atoms with Gasteiger partial charge in [-0.3, -0.25) is 29.7 Å². The molecule has 8 heteroatoms. The van der Waals surface area contributed by atoms with Crippen molar-refractivity contribution < 1.29 is 14.4 Å². The SMILES string of the molecule is CC(C(N)=O)c1cnc(C=C2SC(=O)NC2=O)cn1. The Morgan fingerprint density at radius 2 is 2.16 bits per heavy atom. The number of hydrogen-bond donors (Lipinski definition) is 2. The third-order valence-electron chi connectivity index (χ3n) is 2.48. The highest BCUT2D eigenvalue weighted by Gasteiger charge is 2.25. The minimum Gasteiger partial charge on any atom is -0.369 e. The van der Waals surface area contributed by atoms with Crippen molar-refractivity contribution in [3.8, 4) is 0 Å². The molecule has 0 spiro atoms. The van der Waals surface area contributed by atoms with Gasteiger partial charge in [0.2, 0.25) is 5.91 Å². The van der Waals surface area contributed by atoms with Gasteiger partial charge < -0.3 is 5.73 Å². The minimum absolute atomic E-state index is 0.259. The predicted octanol–water partition coefficient (Wildman–Crippen LogP) is 0.389. The first-order chi connectivity index (χ1) is 8.97. The van der Waals surface area contributed by atoms with Crippen LogP contribution in [0.3, 0.4) is 0 Å². The van der Waals surface area contributed by atoms with E-state index in [0.29, 0.717) is 11.4 Å². The van der Waals surface area contributed by atoms with Gasteiger partial charge >= 0.3 is 0 Å². The smallest absolute Gasteiger partial charge is 0.290 e. The summed E-state index contributed by atoms with van der Waals surface area (Å²) in [6, 6.07) is 0. The third kappa shape index (κ3) is 2.97. The van der Waals surface area contributed by atoms with Crippen molar-refractivity contribution >= 4 is 34.9 Å². The molecule has 2 heterocycles. The van der Waals surface area contributed by atoms with Crippen molar-refractivity contribution in [1.29, 1.82) is 0 Å². The number of aromatic nitrogens is 2. The number of amides is 3. The normalized spacial score (nSPS) is 18.5. The Morgan fingerprint density at radius 3 is 2.63 bits per heavy atom. The van der Waals surface area contributed by atoms with E-state index in [1.807, 2.05) is 0 Å². The van der Waals surface area contributed by atoms with Crippen molar-refractivity contribution in [2.24, 2.45) is 5.73 Å². The van der Waals surface area contributed by atoms with E-state index in [-0.39, 0.29) is 4.91 Å². The number of primary amides is 1. The maximum absolute atomic E-state index is 11.3. The average Bonchev–Trinajstić information content (AvgIpc) is 2.68. The molecule has 0 aromatic carbocycles. The molecule has 0 saturated carbocycles. The summed E-state index contributed by atoms with van der Waals surface area (Å²) < 4.78 is 0. The van der Waals surface area contributed by atoms with E-state index in [0.717, 1.165) is 11.8 Å². The van der Waals surface area contributed by atoms with Gasteiger partial charge in [0.25, 0.3) is 11.1 Å². The van der Waals surface area contributed by atoms with Crippen molar-refractivity contribution in [2.45, 2.75) is 12.8 Å². The first-order valence-electron chi connectivity index (χ1n) is 5.33. The summed E-state index contributed by atoms with van der Waals surface area (Å²) in [6.07, 6.45) is 4.29. The molecule has 19 heavy (non-hydrogen) atoms. The van der Waals surface area contributed by atoms with Gasteiger partial charge in [-0.2, -0.15) is 0 Å². The molecule has 1 aliphatic heterocycles. The van der Waals surface area contributed by atoms with E-state index in [9.17, 15) is 14.4 Å². The first-order valence-corrected chi connectivity index (χ1v) is 6.15. The zero-order valence-electron chi connectivity index (χ0n) is 9.91. The summed E-state index contributed by atoms with van der Waals surface area (Å²) in [5, 5.41) is 1.73. The maximum Gasteiger partial charge on any atom is 0.290 e. The van der Waals surface area contributed by atoms with Crippen LogP contribution in [0.1, 0.15) is 24.2 Å². The van der Waals surface area contributed by atoms with E-state index in [1.165, 1.54) is 18.5 Å². The molecule has 2 rings (SSSR count). The van der Waals surface area contributed by atoms with Gasteiger partial charge in [-0.05, 0) is 24.8 Å². The third-order valence-corrected chi connectivity index (χ3v) is 3.29. The lowest BCUT2D eigenvalue weighted by molar-refractivity contribution is -0.119. The van der Waals surface area contributed by atoms with Gasteiger partial charge in [0.15, 0.2) is 0 Å². The Labute approximate surface area is 112 Å².